The van der Waals surface area contributed by atoms with Crippen molar-refractivity contribution in [2.45, 2.75) is 33.2 Å². The van der Waals surface area contributed by atoms with Gasteiger partial charge in [-0.25, -0.2) is 4.98 Å². The summed E-state index contributed by atoms with van der Waals surface area (Å²) < 4.78 is 7.46. The van der Waals surface area contributed by atoms with E-state index in [4.69, 9.17) is 4.42 Å². The van der Waals surface area contributed by atoms with Crippen molar-refractivity contribution in [2.24, 2.45) is 0 Å². The summed E-state index contributed by atoms with van der Waals surface area (Å²) in [5.74, 6) is 2.36. The first-order valence-corrected chi connectivity index (χ1v) is 5.14. The van der Waals surface area contributed by atoms with Crippen molar-refractivity contribution in [3.8, 4) is 0 Å². The molecule has 0 aliphatic rings. The van der Waals surface area contributed by atoms with Crippen LogP contribution in [0.1, 0.15) is 31.5 Å². The molecule has 2 aromatic heterocycles. The summed E-state index contributed by atoms with van der Waals surface area (Å²) in [5, 5.41) is 7.89. The van der Waals surface area contributed by atoms with E-state index in [1.54, 1.807) is 6.20 Å². The molecule has 2 rings (SSSR count). The number of aryl methyl sites for hydroxylation is 2. The number of nitrogens with zero attached hydrogens (tertiary/aromatic N) is 4. The topological polar surface area (TPSA) is 56.7 Å². The molecule has 15 heavy (non-hydrogen) atoms. The van der Waals surface area contributed by atoms with Gasteiger partial charge >= 0.3 is 0 Å². The zero-order chi connectivity index (χ0) is 10.7. The lowest BCUT2D eigenvalue weighted by atomic mass is 10.4. The van der Waals surface area contributed by atoms with Crippen LogP contribution in [0.25, 0.3) is 0 Å². The monoisotopic (exact) mass is 206 g/mol. The van der Waals surface area contributed by atoms with E-state index in [9.17, 15) is 0 Å². The van der Waals surface area contributed by atoms with Gasteiger partial charge in [0.15, 0.2) is 0 Å². The lowest BCUT2D eigenvalue weighted by molar-refractivity contribution is 0.439. The Bertz CT molecular complexity index is 432. The standard InChI is InChI=1S/C10H14N4O/c1-3-8-11-5-6-14(8)7-10-13-12-9(4-2)15-10/h5-6H,3-4,7H2,1-2H3. The summed E-state index contributed by atoms with van der Waals surface area (Å²) in [6.07, 6.45) is 5.39. The molecule has 0 N–H and O–H groups in total. The zero-order valence-electron chi connectivity index (χ0n) is 8.97. The maximum Gasteiger partial charge on any atom is 0.236 e. The van der Waals surface area contributed by atoms with Gasteiger partial charge in [0, 0.05) is 25.2 Å². The van der Waals surface area contributed by atoms with E-state index in [-0.39, 0.29) is 0 Å². The molecule has 2 aromatic rings. The minimum absolute atomic E-state index is 0.607. The van der Waals surface area contributed by atoms with Gasteiger partial charge in [-0.05, 0) is 0 Å². The molecule has 0 aliphatic carbocycles. The lowest BCUT2D eigenvalue weighted by Crippen LogP contribution is -2.03. The van der Waals surface area contributed by atoms with Gasteiger partial charge in [-0.15, -0.1) is 10.2 Å². The van der Waals surface area contributed by atoms with E-state index >= 15 is 0 Å². The lowest BCUT2D eigenvalue weighted by Gasteiger charge is -2.01. The van der Waals surface area contributed by atoms with Crippen molar-refractivity contribution in [1.29, 1.82) is 0 Å². The predicted molar refractivity (Wildman–Crippen MR) is 54.4 cm³/mol. The first kappa shape index (κ1) is 9.89. The fourth-order valence-electron chi connectivity index (χ4n) is 1.44. The van der Waals surface area contributed by atoms with Crippen LogP contribution in [0.5, 0.6) is 0 Å². The molecule has 0 unspecified atom stereocenters. The summed E-state index contributed by atoms with van der Waals surface area (Å²) in [4.78, 5) is 4.23. The number of rotatable bonds is 4. The van der Waals surface area contributed by atoms with Crippen LogP contribution in [0, 0.1) is 0 Å². The summed E-state index contributed by atoms with van der Waals surface area (Å²) in [6.45, 7) is 4.67. The molecule has 0 saturated carbocycles. The largest absolute Gasteiger partial charge is 0.423 e. The van der Waals surface area contributed by atoms with Crippen LogP contribution in [0.3, 0.4) is 0 Å². The van der Waals surface area contributed by atoms with E-state index in [2.05, 4.69) is 22.1 Å². The van der Waals surface area contributed by atoms with Crippen LogP contribution in [0.2, 0.25) is 0 Å². The van der Waals surface area contributed by atoms with E-state index < -0.39 is 0 Å². The predicted octanol–water partition coefficient (Wildman–Crippen LogP) is 1.44. The summed E-state index contributed by atoms with van der Waals surface area (Å²) >= 11 is 0. The molecule has 0 bridgehead atoms. The average molecular weight is 206 g/mol. The third-order valence-electron chi connectivity index (χ3n) is 2.23. The molecule has 0 aliphatic heterocycles. The normalized spacial score (nSPS) is 10.8. The second-order valence-corrected chi connectivity index (χ2v) is 3.27. The van der Waals surface area contributed by atoms with Crippen molar-refractivity contribution in [3.05, 3.63) is 30.0 Å². The maximum atomic E-state index is 5.43. The van der Waals surface area contributed by atoms with Gasteiger partial charge in [0.05, 0.1) is 0 Å². The van der Waals surface area contributed by atoms with Gasteiger partial charge in [-0.1, -0.05) is 13.8 Å². The first-order valence-electron chi connectivity index (χ1n) is 5.14. The smallest absolute Gasteiger partial charge is 0.236 e. The molecule has 0 fully saturated rings. The fraction of sp³-hybridized carbons (Fsp3) is 0.500. The second kappa shape index (κ2) is 4.25. The molecule has 0 amide bonds. The molecule has 0 atom stereocenters. The van der Waals surface area contributed by atoms with Crippen LogP contribution >= 0.6 is 0 Å². The minimum Gasteiger partial charge on any atom is -0.423 e. The number of imidazole rings is 1. The van der Waals surface area contributed by atoms with Crippen molar-refractivity contribution in [1.82, 2.24) is 19.7 Å². The quantitative estimate of drug-likeness (QED) is 0.759. The van der Waals surface area contributed by atoms with E-state index in [1.807, 2.05) is 17.7 Å². The first-order chi connectivity index (χ1) is 7.33. The van der Waals surface area contributed by atoms with Gasteiger partial charge in [0.2, 0.25) is 11.8 Å². The molecule has 0 saturated heterocycles. The van der Waals surface area contributed by atoms with Crippen molar-refractivity contribution >= 4 is 0 Å². The number of hydrogen-bond donors (Lipinski definition) is 0. The molecule has 5 heteroatoms. The molecule has 5 nitrogen and oxygen atoms in total. The number of hydrogen-bond acceptors (Lipinski definition) is 4. The van der Waals surface area contributed by atoms with E-state index in [0.29, 0.717) is 18.3 Å². The third kappa shape index (κ3) is 2.06. The van der Waals surface area contributed by atoms with Crippen LogP contribution in [-0.2, 0) is 19.4 Å². The van der Waals surface area contributed by atoms with Crippen LogP contribution in [0.15, 0.2) is 16.8 Å². The number of aromatic nitrogens is 4. The van der Waals surface area contributed by atoms with E-state index in [0.717, 1.165) is 18.7 Å². The molecular weight excluding hydrogens is 192 g/mol. The Morgan fingerprint density at radius 3 is 2.67 bits per heavy atom. The zero-order valence-corrected chi connectivity index (χ0v) is 8.97. The summed E-state index contributed by atoms with van der Waals surface area (Å²) in [6, 6.07) is 0. The van der Waals surface area contributed by atoms with Crippen molar-refractivity contribution < 1.29 is 4.42 Å². The highest BCUT2D eigenvalue weighted by Gasteiger charge is 2.07. The summed E-state index contributed by atoms with van der Waals surface area (Å²) in [5.41, 5.74) is 0. The van der Waals surface area contributed by atoms with Crippen molar-refractivity contribution in [2.75, 3.05) is 0 Å². The summed E-state index contributed by atoms with van der Waals surface area (Å²) in [7, 11) is 0. The second-order valence-electron chi connectivity index (χ2n) is 3.27. The SMILES string of the molecule is CCc1nnc(Cn2ccnc2CC)o1. The molecule has 0 aromatic carbocycles. The Morgan fingerprint density at radius 1 is 1.20 bits per heavy atom. The highest BCUT2D eigenvalue weighted by molar-refractivity contribution is 4.95. The van der Waals surface area contributed by atoms with Gasteiger partial charge in [0.1, 0.15) is 12.4 Å². The highest BCUT2D eigenvalue weighted by atomic mass is 16.4. The van der Waals surface area contributed by atoms with Gasteiger partial charge < -0.3 is 8.98 Å². The van der Waals surface area contributed by atoms with Gasteiger partial charge in [0.25, 0.3) is 0 Å². The Labute approximate surface area is 88.2 Å². The minimum atomic E-state index is 0.607. The molecule has 0 radical (unpaired) electrons. The van der Waals surface area contributed by atoms with Gasteiger partial charge in [-0.2, -0.15) is 0 Å². The van der Waals surface area contributed by atoms with Gasteiger partial charge in [-0.3, -0.25) is 0 Å². The van der Waals surface area contributed by atoms with Crippen LogP contribution in [-0.4, -0.2) is 19.7 Å². The van der Waals surface area contributed by atoms with Crippen molar-refractivity contribution in [3.63, 3.8) is 0 Å². The Hall–Kier alpha value is -1.65. The Kier molecular flexibility index (Phi) is 2.80. The molecule has 2 heterocycles. The fourth-order valence-corrected chi connectivity index (χ4v) is 1.44. The van der Waals surface area contributed by atoms with E-state index in [1.165, 1.54) is 0 Å². The third-order valence-corrected chi connectivity index (χ3v) is 2.23. The Morgan fingerprint density at radius 2 is 2.00 bits per heavy atom. The average Bonchev–Trinajstić information content (AvgIpc) is 2.87. The molecule has 80 valence electrons. The maximum absolute atomic E-state index is 5.43. The molecule has 0 spiro atoms. The highest BCUT2D eigenvalue weighted by Crippen LogP contribution is 2.05. The molecular formula is C10H14N4O. The Balaban J connectivity index is 2.14. The van der Waals surface area contributed by atoms with Crippen LogP contribution in [0.4, 0.5) is 0 Å². The van der Waals surface area contributed by atoms with Crippen LogP contribution < -0.4 is 0 Å².